The zero-order valence-electron chi connectivity index (χ0n) is 7.98. The smallest absolute Gasteiger partial charge is 0.146 e. The van der Waals surface area contributed by atoms with Crippen molar-refractivity contribution in [3.63, 3.8) is 0 Å². The molecule has 0 heterocycles. The predicted octanol–water partition coefficient (Wildman–Crippen LogP) is 3.20. The topological polar surface area (TPSA) is 17.1 Å². The molecule has 70 valence electrons. The minimum absolute atomic E-state index is 0.220. The first-order valence-corrected chi connectivity index (χ1v) is 5.03. The van der Waals surface area contributed by atoms with Gasteiger partial charge < -0.3 is 0 Å². The van der Waals surface area contributed by atoms with E-state index in [1.165, 1.54) is 5.57 Å². The second-order valence-corrected chi connectivity index (χ2v) is 4.56. The van der Waals surface area contributed by atoms with Crippen molar-refractivity contribution in [2.45, 2.75) is 33.1 Å². The molecule has 0 aromatic carbocycles. The first-order valence-electron chi connectivity index (χ1n) is 4.65. The third-order valence-electron chi connectivity index (χ3n) is 3.36. The summed E-state index contributed by atoms with van der Waals surface area (Å²) in [5.74, 6) is 0.353. The van der Waals surface area contributed by atoms with Gasteiger partial charge in [0, 0.05) is 11.5 Å². The van der Waals surface area contributed by atoms with Crippen molar-refractivity contribution in [1.82, 2.24) is 0 Å². The van der Waals surface area contributed by atoms with Gasteiger partial charge in [-0.3, -0.25) is 4.79 Å². The minimum atomic E-state index is -0.220. The van der Waals surface area contributed by atoms with E-state index in [9.17, 15) is 4.79 Å². The molecule has 2 heteroatoms. The van der Waals surface area contributed by atoms with Crippen LogP contribution in [-0.2, 0) is 4.79 Å². The van der Waals surface area contributed by atoms with E-state index >= 15 is 0 Å². The molecule has 0 aromatic heterocycles. The summed E-state index contributed by atoms with van der Waals surface area (Å²) >= 11 is 6.07. The highest BCUT2D eigenvalue weighted by molar-refractivity contribution is 6.30. The number of fused-ring (bicyclic) bond motifs is 1. The molecular weight excluding hydrogens is 184 g/mol. The SMILES string of the molecule is CC1=C(Cl)CCC2(C)C(=O)CC=C12. The number of carbonyl (C=O) groups excluding carboxylic acids is 1. The predicted molar refractivity (Wildman–Crippen MR) is 53.6 cm³/mol. The van der Waals surface area contributed by atoms with E-state index in [1.54, 1.807) is 0 Å². The lowest BCUT2D eigenvalue weighted by atomic mass is 9.72. The van der Waals surface area contributed by atoms with E-state index in [4.69, 9.17) is 11.6 Å². The van der Waals surface area contributed by atoms with Gasteiger partial charge in [-0.1, -0.05) is 17.7 Å². The maximum absolute atomic E-state index is 11.7. The summed E-state index contributed by atoms with van der Waals surface area (Å²) in [6.07, 6.45) is 4.37. The Hall–Kier alpha value is -0.560. The molecule has 0 N–H and O–H groups in total. The van der Waals surface area contributed by atoms with E-state index < -0.39 is 0 Å². The molecule has 0 saturated carbocycles. The Morgan fingerprint density at radius 2 is 2.23 bits per heavy atom. The number of hydrogen-bond donors (Lipinski definition) is 0. The molecule has 2 aliphatic rings. The summed E-state index contributed by atoms with van der Waals surface area (Å²) in [5.41, 5.74) is 2.08. The number of ketones is 1. The van der Waals surface area contributed by atoms with Crippen LogP contribution in [0.25, 0.3) is 0 Å². The molecule has 0 radical (unpaired) electrons. The summed E-state index contributed by atoms with van der Waals surface area (Å²) in [4.78, 5) is 11.7. The molecule has 0 amide bonds. The van der Waals surface area contributed by atoms with Gasteiger partial charge in [-0.2, -0.15) is 0 Å². The highest BCUT2D eigenvalue weighted by atomic mass is 35.5. The summed E-state index contributed by atoms with van der Waals surface area (Å²) in [5, 5.41) is 0.929. The van der Waals surface area contributed by atoms with Gasteiger partial charge in [0.05, 0.1) is 5.41 Å². The van der Waals surface area contributed by atoms with Gasteiger partial charge in [0.1, 0.15) is 5.78 Å². The van der Waals surface area contributed by atoms with Crippen LogP contribution in [0.15, 0.2) is 22.3 Å². The quantitative estimate of drug-likeness (QED) is 0.582. The number of Topliss-reactive ketones (excluding diaryl/α,β-unsaturated/α-hetero) is 1. The van der Waals surface area contributed by atoms with Gasteiger partial charge in [0.15, 0.2) is 0 Å². The molecule has 1 atom stereocenters. The van der Waals surface area contributed by atoms with Crippen LogP contribution in [0.5, 0.6) is 0 Å². The summed E-state index contributed by atoms with van der Waals surface area (Å²) in [6, 6.07) is 0. The Balaban J connectivity index is 2.51. The van der Waals surface area contributed by atoms with Crippen LogP contribution in [0, 0.1) is 5.41 Å². The number of hydrogen-bond acceptors (Lipinski definition) is 1. The van der Waals surface area contributed by atoms with Crippen LogP contribution >= 0.6 is 11.6 Å². The van der Waals surface area contributed by atoms with Gasteiger partial charge in [-0.25, -0.2) is 0 Å². The minimum Gasteiger partial charge on any atom is -0.298 e. The molecule has 2 rings (SSSR count). The normalized spacial score (nSPS) is 33.5. The Morgan fingerprint density at radius 1 is 1.54 bits per heavy atom. The van der Waals surface area contributed by atoms with Crippen LogP contribution in [0.4, 0.5) is 0 Å². The summed E-state index contributed by atoms with van der Waals surface area (Å²) < 4.78 is 0. The van der Waals surface area contributed by atoms with Gasteiger partial charge in [0.25, 0.3) is 0 Å². The number of carbonyl (C=O) groups is 1. The number of halogens is 1. The molecule has 0 aromatic rings. The standard InChI is InChI=1S/C11H13ClO/c1-7-8-3-4-10(13)11(8,2)6-5-9(7)12/h3H,4-6H2,1-2H3. The second-order valence-electron chi connectivity index (χ2n) is 4.11. The largest absolute Gasteiger partial charge is 0.298 e. The lowest BCUT2D eigenvalue weighted by molar-refractivity contribution is -0.124. The van der Waals surface area contributed by atoms with Crippen LogP contribution in [-0.4, -0.2) is 5.78 Å². The van der Waals surface area contributed by atoms with Crippen molar-refractivity contribution in [3.8, 4) is 0 Å². The van der Waals surface area contributed by atoms with Crippen molar-refractivity contribution in [2.75, 3.05) is 0 Å². The molecule has 1 nitrogen and oxygen atoms in total. The van der Waals surface area contributed by atoms with Crippen LogP contribution < -0.4 is 0 Å². The molecule has 0 bridgehead atoms. The molecule has 13 heavy (non-hydrogen) atoms. The van der Waals surface area contributed by atoms with Crippen LogP contribution in [0.1, 0.15) is 33.1 Å². The average Bonchev–Trinajstić information content (AvgIpc) is 2.39. The molecule has 0 spiro atoms. The van der Waals surface area contributed by atoms with Crippen molar-refractivity contribution in [2.24, 2.45) is 5.41 Å². The Kier molecular flexibility index (Phi) is 1.88. The second kappa shape index (κ2) is 2.71. The Bertz CT molecular complexity index is 338. The lowest BCUT2D eigenvalue weighted by Gasteiger charge is -2.31. The van der Waals surface area contributed by atoms with Gasteiger partial charge >= 0.3 is 0 Å². The molecular formula is C11H13ClO. The maximum Gasteiger partial charge on any atom is 0.146 e. The molecule has 2 aliphatic carbocycles. The van der Waals surface area contributed by atoms with Crippen LogP contribution in [0.2, 0.25) is 0 Å². The third kappa shape index (κ3) is 1.10. The highest BCUT2D eigenvalue weighted by Crippen LogP contribution is 2.49. The fourth-order valence-corrected chi connectivity index (χ4v) is 2.53. The van der Waals surface area contributed by atoms with E-state index in [-0.39, 0.29) is 5.41 Å². The summed E-state index contributed by atoms with van der Waals surface area (Å²) in [6.45, 7) is 4.06. The van der Waals surface area contributed by atoms with E-state index in [0.29, 0.717) is 12.2 Å². The monoisotopic (exact) mass is 196 g/mol. The zero-order chi connectivity index (χ0) is 9.64. The average molecular weight is 197 g/mol. The van der Waals surface area contributed by atoms with E-state index in [1.807, 2.05) is 19.9 Å². The number of allylic oxidation sites excluding steroid dienone is 4. The van der Waals surface area contributed by atoms with Crippen LogP contribution in [0.3, 0.4) is 0 Å². The maximum atomic E-state index is 11.7. The van der Waals surface area contributed by atoms with Gasteiger partial charge in [-0.05, 0) is 37.8 Å². The highest BCUT2D eigenvalue weighted by Gasteiger charge is 2.43. The third-order valence-corrected chi connectivity index (χ3v) is 3.83. The van der Waals surface area contributed by atoms with E-state index in [0.717, 1.165) is 23.4 Å². The molecule has 0 saturated heterocycles. The van der Waals surface area contributed by atoms with Crippen molar-refractivity contribution in [3.05, 3.63) is 22.3 Å². The van der Waals surface area contributed by atoms with E-state index in [2.05, 4.69) is 0 Å². The fraction of sp³-hybridized carbons (Fsp3) is 0.545. The lowest BCUT2D eigenvalue weighted by Crippen LogP contribution is -2.28. The fourth-order valence-electron chi connectivity index (χ4n) is 2.33. The van der Waals surface area contributed by atoms with Crippen molar-refractivity contribution >= 4 is 17.4 Å². The summed E-state index contributed by atoms with van der Waals surface area (Å²) in [7, 11) is 0. The zero-order valence-corrected chi connectivity index (χ0v) is 8.74. The molecule has 1 unspecified atom stereocenters. The van der Waals surface area contributed by atoms with Gasteiger partial charge in [0.2, 0.25) is 0 Å². The molecule has 0 fully saturated rings. The first-order chi connectivity index (χ1) is 6.05. The molecule has 0 aliphatic heterocycles. The number of rotatable bonds is 0. The Morgan fingerprint density at radius 3 is 2.92 bits per heavy atom. The first kappa shape index (κ1) is 9.01. The van der Waals surface area contributed by atoms with Gasteiger partial charge in [-0.15, -0.1) is 0 Å². The Labute approximate surface area is 83.5 Å². The van der Waals surface area contributed by atoms with Crippen molar-refractivity contribution in [1.29, 1.82) is 0 Å². The van der Waals surface area contributed by atoms with Crippen molar-refractivity contribution < 1.29 is 4.79 Å².